The van der Waals surface area contributed by atoms with E-state index in [-0.39, 0.29) is 70.5 Å². The predicted molar refractivity (Wildman–Crippen MR) is 225 cm³/mol. The molecule has 0 unspecified atom stereocenters. The molecule has 0 aliphatic carbocycles. The van der Waals surface area contributed by atoms with Crippen LogP contribution in [0.15, 0.2) is 48.5 Å². The van der Waals surface area contributed by atoms with Crippen molar-refractivity contribution in [2.45, 2.75) is 103 Å². The Morgan fingerprint density at radius 3 is 0.641 bits per heavy atom. The number of carbonyl (C=O) groups excluding carboxylic acids is 6. The monoisotopic (exact) mass is 910 g/mol. The van der Waals surface area contributed by atoms with E-state index in [0.717, 1.165) is 6.07 Å². The van der Waals surface area contributed by atoms with Crippen LogP contribution in [0.4, 0.5) is 0 Å². The van der Waals surface area contributed by atoms with Crippen molar-refractivity contribution in [2.75, 3.05) is 0 Å². The van der Waals surface area contributed by atoms with Gasteiger partial charge in [0, 0.05) is 51.4 Å². The van der Waals surface area contributed by atoms with Gasteiger partial charge in [-0.3, -0.25) is 38.4 Å². The second kappa shape index (κ2) is 39.2. The molecule has 0 fully saturated rings. The lowest BCUT2D eigenvalue weighted by Crippen LogP contribution is -2.12. The first-order chi connectivity index (χ1) is 29.7. The molecule has 356 valence electrons. The Labute approximate surface area is 366 Å². The van der Waals surface area contributed by atoms with Crippen molar-refractivity contribution in [1.82, 2.24) is 0 Å². The van der Waals surface area contributed by atoms with Crippen LogP contribution in [0.1, 0.15) is 144 Å². The zero-order valence-corrected chi connectivity index (χ0v) is 35.0. The number of aromatic carboxylic acids is 4. The highest BCUT2D eigenvalue weighted by Crippen LogP contribution is 2.06. The summed E-state index contributed by atoms with van der Waals surface area (Å²) < 4.78 is 0. The highest BCUT2D eigenvalue weighted by Gasteiger charge is 2.07. The van der Waals surface area contributed by atoms with Crippen molar-refractivity contribution in [3.8, 4) is 0 Å². The molecule has 6 amide bonds. The lowest BCUT2D eigenvalue weighted by atomic mass is 10.1. The molecule has 0 aromatic heterocycles. The molecule has 2 aromatic rings. The number of rotatable bonds is 24. The van der Waals surface area contributed by atoms with E-state index in [1.165, 1.54) is 42.5 Å². The van der Waals surface area contributed by atoms with Crippen LogP contribution in [0.5, 0.6) is 0 Å². The fourth-order valence-electron chi connectivity index (χ4n) is 3.89. The lowest BCUT2D eigenvalue weighted by molar-refractivity contribution is -0.139. The van der Waals surface area contributed by atoms with Crippen molar-refractivity contribution in [1.29, 1.82) is 0 Å². The largest absolute Gasteiger partial charge is 0.481 e. The molecule has 64 heavy (non-hydrogen) atoms. The average molecular weight is 911 g/mol. The molecule has 0 saturated carbocycles. The second-order valence-electron chi connectivity index (χ2n) is 12.8. The van der Waals surface area contributed by atoms with Crippen LogP contribution >= 0.6 is 0 Å². The number of unbranched alkanes of at least 4 members (excludes halogenated alkanes) is 4. The summed E-state index contributed by atoms with van der Waals surface area (Å²) in [6.45, 7) is 0. The summed E-state index contributed by atoms with van der Waals surface area (Å²) in [5.41, 5.74) is 29.3. The maximum atomic E-state index is 10.4. The van der Waals surface area contributed by atoms with Crippen molar-refractivity contribution in [3.05, 3.63) is 70.8 Å². The van der Waals surface area contributed by atoms with Gasteiger partial charge >= 0.3 is 35.8 Å². The highest BCUT2D eigenvalue weighted by molar-refractivity contribution is 5.93. The van der Waals surface area contributed by atoms with E-state index in [4.69, 9.17) is 65.0 Å². The minimum atomic E-state index is -1.13. The number of carbonyl (C=O) groups is 12. The van der Waals surface area contributed by atoms with Gasteiger partial charge in [-0.1, -0.05) is 6.07 Å². The Balaban J connectivity index is -0.000000338. The lowest BCUT2D eigenvalue weighted by Gasteiger charge is -1.95. The molecule has 18 N–H and O–H groups in total. The maximum Gasteiger partial charge on any atom is 0.335 e. The van der Waals surface area contributed by atoms with Crippen LogP contribution < -0.4 is 34.4 Å². The second-order valence-corrected chi connectivity index (χ2v) is 12.8. The first kappa shape index (κ1) is 62.7. The number of primary amides is 6. The number of carboxylic acids is 6. The molecule has 0 aliphatic heterocycles. The molecule has 0 heterocycles. The van der Waals surface area contributed by atoms with Crippen molar-refractivity contribution in [2.24, 2.45) is 34.4 Å². The van der Waals surface area contributed by atoms with Gasteiger partial charge in [0.25, 0.3) is 0 Å². The Morgan fingerprint density at radius 1 is 0.297 bits per heavy atom. The van der Waals surface area contributed by atoms with Crippen molar-refractivity contribution in [3.63, 3.8) is 0 Å². The SMILES string of the molecule is NC(=O)CCCCC(N)=O.NC(=O)CCCCC(N)=O.NC(=O)CCCCC(N)=O.O=C(O)CCCCC(=O)O.O=C(O)c1ccc(C(=O)O)cc1.O=C(O)c1cccc(C(=O)O)c1. The van der Waals surface area contributed by atoms with Gasteiger partial charge in [-0.25, -0.2) is 19.2 Å². The fraction of sp³-hybridized carbons (Fsp3) is 0.400. The van der Waals surface area contributed by atoms with Gasteiger partial charge in [0.1, 0.15) is 0 Å². The normalized spacial score (nSPS) is 9.25. The van der Waals surface area contributed by atoms with Gasteiger partial charge < -0.3 is 65.0 Å². The minimum Gasteiger partial charge on any atom is -0.481 e. The van der Waals surface area contributed by atoms with Crippen LogP contribution in [-0.4, -0.2) is 102 Å². The molecular weight excluding hydrogens is 852 g/mol. The van der Waals surface area contributed by atoms with E-state index in [2.05, 4.69) is 0 Å². The van der Waals surface area contributed by atoms with Gasteiger partial charge in [-0.05, 0) is 93.8 Å². The minimum absolute atomic E-state index is 0.0186. The quantitative estimate of drug-likeness (QED) is 0.0663. The number of aliphatic carboxylic acids is 2. The van der Waals surface area contributed by atoms with Gasteiger partial charge in [-0.15, -0.1) is 0 Å². The van der Waals surface area contributed by atoms with Crippen LogP contribution in [0.2, 0.25) is 0 Å². The van der Waals surface area contributed by atoms with Crippen molar-refractivity contribution >= 4 is 71.3 Å². The molecule has 24 nitrogen and oxygen atoms in total. The smallest absolute Gasteiger partial charge is 0.335 e. The first-order valence-electron chi connectivity index (χ1n) is 19.0. The number of carboxylic acid groups (broad SMARTS) is 6. The van der Waals surface area contributed by atoms with E-state index in [0.29, 0.717) is 89.9 Å². The molecule has 0 atom stereocenters. The zero-order chi connectivity index (χ0) is 50.2. The Morgan fingerprint density at radius 2 is 0.484 bits per heavy atom. The Kier molecular flexibility index (Phi) is 38.4. The third-order valence-corrected chi connectivity index (χ3v) is 7.06. The predicted octanol–water partition coefficient (Wildman–Crippen LogP) is 1.43. The van der Waals surface area contributed by atoms with Gasteiger partial charge in [0.05, 0.1) is 22.3 Å². The fourth-order valence-corrected chi connectivity index (χ4v) is 3.89. The van der Waals surface area contributed by atoms with E-state index in [1.807, 2.05) is 0 Å². The first-order valence-corrected chi connectivity index (χ1v) is 19.0. The Bertz CT molecular complexity index is 1580. The molecular formula is C40H58N6O18. The molecule has 24 heteroatoms. The number of amides is 6. The molecule has 0 spiro atoms. The number of benzene rings is 2. The summed E-state index contributed by atoms with van der Waals surface area (Å²) in [6, 6.07) is 10.2. The standard InChI is InChI=1S/2C8H6O4.3C6H12N2O2.C6H10O4/c9-7(10)5-1-2-6(4-3-5)8(11)12;9-7(10)5-2-1-3-6(4-5)8(11)12;3*7-5(9)3-1-2-4-6(8)10;7-5(8)3-1-2-4-6(9)10/h2*1-4H,(H,9,10)(H,11,12);3*1-4H2,(H2,7,9)(H2,8,10);1-4H2,(H,7,8)(H,9,10). The summed E-state index contributed by atoms with van der Waals surface area (Å²) in [5.74, 6) is -8.09. The molecule has 0 bridgehead atoms. The van der Waals surface area contributed by atoms with Crippen LogP contribution in [0, 0.1) is 0 Å². The number of hydrogen-bond acceptors (Lipinski definition) is 12. The summed E-state index contributed by atoms with van der Waals surface area (Å²) in [6.07, 6.45) is 6.97. The zero-order valence-electron chi connectivity index (χ0n) is 35.0. The summed E-state index contributed by atoms with van der Waals surface area (Å²) >= 11 is 0. The maximum absolute atomic E-state index is 10.4. The van der Waals surface area contributed by atoms with Gasteiger partial charge in [-0.2, -0.15) is 0 Å². The molecule has 2 aromatic carbocycles. The number of nitrogens with two attached hydrogens (primary N) is 6. The molecule has 2 rings (SSSR count). The molecule has 0 radical (unpaired) electrons. The average Bonchev–Trinajstić information content (AvgIpc) is 3.19. The van der Waals surface area contributed by atoms with Gasteiger partial charge in [0.2, 0.25) is 35.4 Å². The molecule has 0 aliphatic rings. The van der Waals surface area contributed by atoms with Crippen LogP contribution in [0.3, 0.4) is 0 Å². The molecule has 0 saturated heterocycles. The summed E-state index contributed by atoms with van der Waals surface area (Å²) in [5, 5.41) is 50.2. The van der Waals surface area contributed by atoms with Gasteiger partial charge in [0.15, 0.2) is 0 Å². The van der Waals surface area contributed by atoms with E-state index in [1.54, 1.807) is 0 Å². The van der Waals surface area contributed by atoms with Crippen molar-refractivity contribution < 1.29 is 88.2 Å². The van der Waals surface area contributed by atoms with E-state index in [9.17, 15) is 57.5 Å². The van der Waals surface area contributed by atoms with E-state index < -0.39 is 35.8 Å². The highest BCUT2D eigenvalue weighted by atomic mass is 16.4. The van der Waals surface area contributed by atoms with E-state index >= 15 is 0 Å². The van der Waals surface area contributed by atoms with Crippen LogP contribution in [-0.2, 0) is 38.4 Å². The third-order valence-electron chi connectivity index (χ3n) is 7.06. The summed E-state index contributed by atoms with van der Waals surface area (Å²) in [4.78, 5) is 122. The van der Waals surface area contributed by atoms with Crippen LogP contribution in [0.25, 0.3) is 0 Å². The topological polar surface area (TPSA) is 482 Å². The number of hydrogen-bond donors (Lipinski definition) is 12. The summed E-state index contributed by atoms with van der Waals surface area (Å²) in [7, 11) is 0. The Hall–Kier alpha value is -7.92. The third kappa shape index (κ3) is 48.4.